The van der Waals surface area contributed by atoms with Crippen molar-refractivity contribution in [2.24, 2.45) is 5.92 Å². The number of amides is 1. The van der Waals surface area contributed by atoms with Gasteiger partial charge < -0.3 is 14.8 Å². The van der Waals surface area contributed by atoms with Crippen molar-refractivity contribution in [3.63, 3.8) is 0 Å². The summed E-state index contributed by atoms with van der Waals surface area (Å²) in [4.78, 5) is 12.2. The highest BCUT2D eigenvalue weighted by Crippen LogP contribution is 2.32. The number of hydrogen-bond acceptors (Lipinski definition) is 3. The number of rotatable bonds is 5. The fraction of sp³-hybridized carbons (Fsp3) is 0.471. The smallest absolute Gasteiger partial charge is 0.223 e. The zero-order valence-electron chi connectivity index (χ0n) is 13.2. The topological polar surface area (TPSA) is 47.6 Å². The first-order chi connectivity index (χ1) is 10.6. The van der Waals surface area contributed by atoms with E-state index in [1.807, 2.05) is 6.08 Å². The minimum absolute atomic E-state index is 0.0318. The van der Waals surface area contributed by atoms with Gasteiger partial charge in [-0.3, -0.25) is 4.79 Å². The summed E-state index contributed by atoms with van der Waals surface area (Å²) in [6, 6.07) is 2.42. The molecule has 0 unspecified atom stereocenters. The Morgan fingerprint density at radius 2 is 1.95 bits per heavy atom. The van der Waals surface area contributed by atoms with Crippen molar-refractivity contribution in [2.45, 2.75) is 32.2 Å². The predicted octanol–water partition coefficient (Wildman–Crippen LogP) is 3.38. The van der Waals surface area contributed by atoms with Crippen molar-refractivity contribution in [3.05, 3.63) is 35.7 Å². The van der Waals surface area contributed by atoms with Crippen molar-refractivity contribution >= 4 is 5.91 Å². The Morgan fingerprint density at radius 1 is 1.27 bits per heavy atom. The number of halogens is 1. The van der Waals surface area contributed by atoms with Gasteiger partial charge in [0.2, 0.25) is 5.91 Å². The van der Waals surface area contributed by atoms with Gasteiger partial charge in [-0.25, -0.2) is 4.39 Å². The van der Waals surface area contributed by atoms with E-state index in [0.29, 0.717) is 17.1 Å². The van der Waals surface area contributed by atoms with Gasteiger partial charge in [0.05, 0.1) is 20.3 Å². The Bertz CT molecular complexity index is 571. The second kappa shape index (κ2) is 7.29. The van der Waals surface area contributed by atoms with Crippen LogP contribution < -0.4 is 14.8 Å². The molecule has 0 radical (unpaired) electrons. The Kier molecular flexibility index (Phi) is 5.41. The summed E-state index contributed by atoms with van der Waals surface area (Å²) in [5.41, 5.74) is 0.386. The number of hydrogen-bond donors (Lipinski definition) is 1. The van der Waals surface area contributed by atoms with Gasteiger partial charge in [0.25, 0.3) is 0 Å². The molecule has 1 aromatic carbocycles. The van der Waals surface area contributed by atoms with Gasteiger partial charge in [-0.05, 0) is 32.3 Å². The molecule has 4 nitrogen and oxygen atoms in total. The third-order valence-electron chi connectivity index (χ3n) is 3.97. The van der Waals surface area contributed by atoms with E-state index in [0.717, 1.165) is 19.3 Å². The molecular formula is C17H22FNO3. The molecule has 1 aromatic rings. The molecular weight excluding hydrogens is 285 g/mol. The van der Waals surface area contributed by atoms with E-state index in [-0.39, 0.29) is 11.8 Å². The van der Waals surface area contributed by atoms with Crippen LogP contribution in [0.5, 0.6) is 11.5 Å². The predicted molar refractivity (Wildman–Crippen MR) is 82.5 cm³/mol. The minimum atomic E-state index is -0.432. The molecule has 0 bridgehead atoms. The molecule has 0 saturated heterocycles. The summed E-state index contributed by atoms with van der Waals surface area (Å²) in [5, 5.41) is 2.89. The highest BCUT2D eigenvalue weighted by molar-refractivity contribution is 5.79. The van der Waals surface area contributed by atoms with Crippen LogP contribution in [0.4, 0.5) is 4.39 Å². The molecule has 2 rings (SSSR count). The second-order valence-electron chi connectivity index (χ2n) is 5.44. The normalized spacial score (nSPS) is 18.6. The zero-order valence-corrected chi connectivity index (χ0v) is 13.2. The average Bonchev–Trinajstić information content (AvgIpc) is 2.55. The Balaban J connectivity index is 2.13. The molecule has 1 aliphatic rings. The molecule has 1 aliphatic carbocycles. The quantitative estimate of drug-likeness (QED) is 0.848. The highest BCUT2D eigenvalue weighted by Gasteiger charge is 2.23. The van der Waals surface area contributed by atoms with Crippen LogP contribution in [0.15, 0.2) is 24.3 Å². The van der Waals surface area contributed by atoms with E-state index in [1.54, 1.807) is 13.0 Å². The largest absolute Gasteiger partial charge is 0.493 e. The van der Waals surface area contributed by atoms with Gasteiger partial charge in [-0.2, -0.15) is 0 Å². The lowest BCUT2D eigenvalue weighted by molar-refractivity contribution is -0.125. The fourth-order valence-corrected chi connectivity index (χ4v) is 2.64. The van der Waals surface area contributed by atoms with Gasteiger partial charge >= 0.3 is 0 Å². The van der Waals surface area contributed by atoms with Crippen molar-refractivity contribution in [2.75, 3.05) is 14.2 Å². The van der Waals surface area contributed by atoms with Gasteiger partial charge in [-0.1, -0.05) is 12.2 Å². The summed E-state index contributed by atoms with van der Waals surface area (Å²) in [6.45, 7) is 1.76. The maximum atomic E-state index is 14.2. The molecule has 0 heterocycles. The summed E-state index contributed by atoms with van der Waals surface area (Å²) >= 11 is 0. The molecule has 1 N–H and O–H groups in total. The zero-order chi connectivity index (χ0) is 16.1. The number of ether oxygens (including phenoxy) is 2. The van der Waals surface area contributed by atoms with Crippen LogP contribution in [-0.2, 0) is 4.79 Å². The first-order valence-corrected chi connectivity index (χ1v) is 7.43. The Labute approximate surface area is 130 Å². The minimum Gasteiger partial charge on any atom is -0.493 e. The Morgan fingerprint density at radius 3 is 2.55 bits per heavy atom. The van der Waals surface area contributed by atoms with Crippen molar-refractivity contribution < 1.29 is 18.7 Å². The average molecular weight is 307 g/mol. The monoisotopic (exact) mass is 307 g/mol. The van der Waals surface area contributed by atoms with Crippen LogP contribution in [0.25, 0.3) is 0 Å². The van der Waals surface area contributed by atoms with Gasteiger partial charge in [0, 0.05) is 17.5 Å². The molecule has 0 fully saturated rings. The number of carbonyl (C=O) groups is 1. The number of nitrogens with one attached hydrogen (secondary N) is 1. The number of allylic oxidation sites excluding steroid dienone is 2. The number of carbonyl (C=O) groups excluding carboxylic acids is 1. The van der Waals surface area contributed by atoms with Crippen molar-refractivity contribution in [3.8, 4) is 11.5 Å². The standard InChI is InChI=1S/C17H22FNO3/c1-11(19-17(20)12-7-5-4-6-8-12)13-9-15(21-2)16(22-3)10-14(13)18/h4-5,9-12H,6-8H2,1-3H3,(H,19,20)/t11-,12-/m1/s1. The van der Waals surface area contributed by atoms with E-state index >= 15 is 0 Å². The third-order valence-corrected chi connectivity index (χ3v) is 3.97. The molecule has 0 aromatic heterocycles. The van der Waals surface area contributed by atoms with Gasteiger partial charge in [-0.15, -0.1) is 0 Å². The summed E-state index contributed by atoms with van der Waals surface area (Å²) < 4.78 is 24.5. The lowest BCUT2D eigenvalue weighted by Crippen LogP contribution is -2.33. The third kappa shape index (κ3) is 3.59. The first kappa shape index (κ1) is 16.3. The van der Waals surface area contributed by atoms with E-state index in [1.165, 1.54) is 20.3 Å². The molecule has 0 aliphatic heterocycles. The molecule has 22 heavy (non-hydrogen) atoms. The fourth-order valence-electron chi connectivity index (χ4n) is 2.64. The van der Waals surface area contributed by atoms with Gasteiger partial charge in [0.1, 0.15) is 5.82 Å². The molecule has 5 heteroatoms. The molecule has 0 saturated carbocycles. The maximum absolute atomic E-state index is 14.2. The number of benzene rings is 1. The van der Waals surface area contributed by atoms with Crippen LogP contribution >= 0.6 is 0 Å². The summed E-state index contributed by atoms with van der Waals surface area (Å²) in [6.07, 6.45) is 6.60. The summed E-state index contributed by atoms with van der Waals surface area (Å²) in [7, 11) is 2.95. The van der Waals surface area contributed by atoms with E-state index in [2.05, 4.69) is 11.4 Å². The van der Waals surface area contributed by atoms with E-state index in [4.69, 9.17) is 9.47 Å². The van der Waals surface area contributed by atoms with Crippen LogP contribution in [0.1, 0.15) is 37.8 Å². The first-order valence-electron chi connectivity index (χ1n) is 7.43. The highest BCUT2D eigenvalue weighted by atomic mass is 19.1. The van der Waals surface area contributed by atoms with Gasteiger partial charge in [0.15, 0.2) is 11.5 Å². The summed E-state index contributed by atoms with van der Waals surface area (Å²) in [5.74, 6) is 0.288. The van der Waals surface area contributed by atoms with Crippen LogP contribution in [-0.4, -0.2) is 20.1 Å². The maximum Gasteiger partial charge on any atom is 0.223 e. The molecule has 2 atom stereocenters. The van der Waals surface area contributed by atoms with Crippen molar-refractivity contribution in [1.82, 2.24) is 5.32 Å². The SMILES string of the molecule is COc1cc(F)c([C@@H](C)NC(=O)[C@@H]2CC=CCC2)cc1OC. The lowest BCUT2D eigenvalue weighted by Gasteiger charge is -2.22. The second-order valence-corrected chi connectivity index (χ2v) is 5.44. The van der Waals surface area contributed by atoms with Crippen LogP contribution in [0.2, 0.25) is 0 Å². The van der Waals surface area contributed by atoms with E-state index < -0.39 is 11.9 Å². The van der Waals surface area contributed by atoms with Crippen LogP contribution in [0.3, 0.4) is 0 Å². The molecule has 0 spiro atoms. The molecule has 1 amide bonds. The van der Waals surface area contributed by atoms with Crippen molar-refractivity contribution in [1.29, 1.82) is 0 Å². The molecule has 120 valence electrons. The van der Waals surface area contributed by atoms with E-state index in [9.17, 15) is 9.18 Å². The van der Waals surface area contributed by atoms with Crippen LogP contribution in [0, 0.1) is 11.7 Å². The Hall–Kier alpha value is -2.04. The number of methoxy groups -OCH3 is 2. The lowest BCUT2D eigenvalue weighted by atomic mass is 9.93.